The third-order valence-electron chi connectivity index (χ3n) is 5.62. The zero-order valence-electron chi connectivity index (χ0n) is 18.9. The zero-order valence-corrected chi connectivity index (χ0v) is 20.5. The summed E-state index contributed by atoms with van der Waals surface area (Å²) in [5.74, 6) is 0.352. The van der Waals surface area contributed by atoms with E-state index in [4.69, 9.17) is 25.8 Å². The van der Waals surface area contributed by atoms with Crippen LogP contribution in [0.25, 0.3) is 0 Å². The van der Waals surface area contributed by atoms with Gasteiger partial charge in [0.1, 0.15) is 22.1 Å². The van der Waals surface area contributed by atoms with Gasteiger partial charge in [-0.25, -0.2) is 8.42 Å². The summed E-state index contributed by atoms with van der Waals surface area (Å²) in [6.45, 7) is 0. The molecule has 0 atom stereocenters. The average molecular weight is 497 g/mol. The predicted octanol–water partition coefficient (Wildman–Crippen LogP) is 4.62. The van der Waals surface area contributed by atoms with Crippen LogP contribution in [0.3, 0.4) is 0 Å². The first-order chi connectivity index (χ1) is 15.8. The molecule has 2 N–H and O–H groups in total. The first-order valence-corrected chi connectivity index (χ1v) is 12.6. The Bertz CT molecular complexity index is 1100. The van der Waals surface area contributed by atoms with Gasteiger partial charge in [-0.05, 0) is 37.1 Å². The van der Waals surface area contributed by atoms with E-state index < -0.39 is 10.0 Å². The fraction of sp³-hybridized carbons (Fsp3) is 0.435. The van der Waals surface area contributed by atoms with E-state index >= 15 is 0 Å². The van der Waals surface area contributed by atoms with Crippen molar-refractivity contribution in [3.8, 4) is 17.2 Å². The topological polar surface area (TPSA) is 103 Å². The lowest BCUT2D eigenvalue weighted by atomic mass is 10.1. The SMILES string of the molecule is COc1cc(OC)c(NS(=O)(=O)c2cc(C(=O)NC3CCCCCC3)ccc2OC)cc1Cl. The molecule has 0 saturated heterocycles. The second kappa shape index (κ2) is 11.0. The van der Waals surface area contributed by atoms with E-state index in [-0.39, 0.29) is 44.6 Å². The van der Waals surface area contributed by atoms with Crippen molar-refractivity contribution in [2.75, 3.05) is 26.1 Å². The molecule has 2 aromatic carbocycles. The Kier molecular flexibility index (Phi) is 8.31. The summed E-state index contributed by atoms with van der Waals surface area (Å²) < 4.78 is 44.7. The Balaban J connectivity index is 1.91. The van der Waals surface area contributed by atoms with Crippen LogP contribution in [0.4, 0.5) is 5.69 Å². The number of methoxy groups -OCH3 is 3. The molecular formula is C23H29ClN2O6S. The Morgan fingerprint density at radius 3 is 2.15 bits per heavy atom. The molecule has 1 aliphatic carbocycles. The van der Waals surface area contributed by atoms with Crippen LogP contribution >= 0.6 is 11.6 Å². The average Bonchev–Trinajstić information content (AvgIpc) is 3.07. The number of sulfonamides is 1. The molecule has 8 nitrogen and oxygen atoms in total. The quantitative estimate of drug-likeness (QED) is 0.517. The van der Waals surface area contributed by atoms with Gasteiger partial charge in [-0.15, -0.1) is 0 Å². The van der Waals surface area contributed by atoms with Crippen molar-refractivity contribution in [2.24, 2.45) is 0 Å². The first kappa shape index (κ1) is 25.0. The van der Waals surface area contributed by atoms with Crippen molar-refractivity contribution in [3.63, 3.8) is 0 Å². The number of halogens is 1. The van der Waals surface area contributed by atoms with Gasteiger partial charge in [-0.3, -0.25) is 9.52 Å². The third-order valence-corrected chi connectivity index (χ3v) is 7.31. The number of carbonyl (C=O) groups excluding carboxylic acids is 1. The van der Waals surface area contributed by atoms with Crippen LogP contribution in [-0.2, 0) is 10.0 Å². The summed E-state index contributed by atoms with van der Waals surface area (Å²) in [5, 5.41) is 3.24. The van der Waals surface area contributed by atoms with Gasteiger partial charge in [0.05, 0.1) is 32.0 Å². The normalized spacial score (nSPS) is 14.8. The van der Waals surface area contributed by atoms with E-state index in [1.54, 1.807) is 6.07 Å². The number of rotatable bonds is 8. The summed E-state index contributed by atoms with van der Waals surface area (Å²) in [6, 6.07) is 7.29. The van der Waals surface area contributed by atoms with Crippen molar-refractivity contribution in [1.82, 2.24) is 5.32 Å². The molecule has 1 saturated carbocycles. The highest BCUT2D eigenvalue weighted by Crippen LogP contribution is 2.37. The Morgan fingerprint density at radius 1 is 0.909 bits per heavy atom. The van der Waals surface area contributed by atoms with E-state index in [1.807, 2.05) is 0 Å². The Morgan fingerprint density at radius 2 is 1.55 bits per heavy atom. The number of hydrogen-bond acceptors (Lipinski definition) is 6. The van der Waals surface area contributed by atoms with Gasteiger partial charge in [0, 0.05) is 17.7 Å². The fourth-order valence-electron chi connectivity index (χ4n) is 3.86. The molecule has 1 aliphatic rings. The summed E-state index contributed by atoms with van der Waals surface area (Å²) >= 11 is 6.17. The van der Waals surface area contributed by atoms with Gasteiger partial charge in [-0.1, -0.05) is 37.3 Å². The summed E-state index contributed by atoms with van der Waals surface area (Å²) in [6.07, 6.45) is 6.33. The lowest BCUT2D eigenvalue weighted by Gasteiger charge is -2.18. The van der Waals surface area contributed by atoms with Crippen molar-refractivity contribution >= 4 is 33.2 Å². The minimum Gasteiger partial charge on any atom is -0.495 e. The maximum absolute atomic E-state index is 13.3. The second-order valence-electron chi connectivity index (χ2n) is 7.82. The molecule has 3 rings (SSSR count). The van der Waals surface area contributed by atoms with Crippen molar-refractivity contribution in [2.45, 2.75) is 49.5 Å². The molecule has 180 valence electrons. The molecule has 0 spiro atoms. The van der Waals surface area contributed by atoms with E-state index in [2.05, 4.69) is 10.0 Å². The van der Waals surface area contributed by atoms with Gasteiger partial charge >= 0.3 is 0 Å². The van der Waals surface area contributed by atoms with Crippen LogP contribution in [0.15, 0.2) is 35.2 Å². The number of carbonyl (C=O) groups is 1. The van der Waals surface area contributed by atoms with Crippen LogP contribution in [0, 0.1) is 0 Å². The van der Waals surface area contributed by atoms with Crippen molar-refractivity contribution < 1.29 is 27.4 Å². The van der Waals surface area contributed by atoms with Crippen molar-refractivity contribution in [1.29, 1.82) is 0 Å². The molecule has 1 fully saturated rings. The van der Waals surface area contributed by atoms with Crippen LogP contribution in [0.1, 0.15) is 48.9 Å². The lowest BCUT2D eigenvalue weighted by Crippen LogP contribution is -2.34. The van der Waals surface area contributed by atoms with Crippen molar-refractivity contribution in [3.05, 3.63) is 40.9 Å². The van der Waals surface area contributed by atoms with Crippen LogP contribution < -0.4 is 24.2 Å². The standard InChI is InChI=1S/C23H29ClN2O6S/c1-30-19-11-10-15(23(27)25-16-8-6-4-5-7-9-16)12-22(19)33(28,29)26-18-13-17(24)20(31-2)14-21(18)32-3/h10-14,16,26H,4-9H2,1-3H3,(H,25,27). The fourth-order valence-corrected chi connectivity index (χ4v) is 5.36. The van der Waals surface area contributed by atoms with Gasteiger partial charge in [0.2, 0.25) is 0 Å². The minimum atomic E-state index is -4.15. The van der Waals surface area contributed by atoms with Gasteiger partial charge in [0.25, 0.3) is 15.9 Å². The molecule has 0 bridgehead atoms. The molecular weight excluding hydrogens is 468 g/mol. The largest absolute Gasteiger partial charge is 0.495 e. The highest BCUT2D eigenvalue weighted by Gasteiger charge is 2.25. The van der Waals surface area contributed by atoms with Gasteiger partial charge < -0.3 is 19.5 Å². The van der Waals surface area contributed by atoms with E-state index in [1.165, 1.54) is 58.4 Å². The molecule has 33 heavy (non-hydrogen) atoms. The highest BCUT2D eigenvalue weighted by molar-refractivity contribution is 7.92. The number of nitrogens with one attached hydrogen (secondary N) is 2. The third kappa shape index (κ3) is 6.03. The maximum atomic E-state index is 13.3. The van der Waals surface area contributed by atoms with E-state index in [0.29, 0.717) is 5.75 Å². The number of anilines is 1. The molecule has 0 aliphatic heterocycles. The minimum absolute atomic E-state index is 0.0889. The summed E-state index contributed by atoms with van der Waals surface area (Å²) in [7, 11) is 0.0588. The highest BCUT2D eigenvalue weighted by atomic mass is 35.5. The molecule has 0 unspecified atom stereocenters. The number of ether oxygens (including phenoxy) is 3. The Labute approximate surface area is 199 Å². The van der Waals surface area contributed by atoms with Gasteiger partial charge in [0.15, 0.2) is 0 Å². The van der Waals surface area contributed by atoms with Crippen LogP contribution in [0.2, 0.25) is 5.02 Å². The summed E-state index contributed by atoms with van der Waals surface area (Å²) in [5.41, 5.74) is 0.360. The lowest BCUT2D eigenvalue weighted by molar-refractivity contribution is 0.0933. The molecule has 0 heterocycles. The molecule has 1 amide bonds. The molecule has 0 aromatic heterocycles. The van der Waals surface area contributed by atoms with E-state index in [0.717, 1.165) is 25.7 Å². The maximum Gasteiger partial charge on any atom is 0.265 e. The monoisotopic (exact) mass is 496 g/mol. The second-order valence-corrected chi connectivity index (χ2v) is 9.88. The van der Waals surface area contributed by atoms with Crippen LogP contribution in [0.5, 0.6) is 17.2 Å². The first-order valence-electron chi connectivity index (χ1n) is 10.7. The molecule has 0 radical (unpaired) electrons. The van der Waals surface area contributed by atoms with Crippen LogP contribution in [-0.4, -0.2) is 41.7 Å². The zero-order chi connectivity index (χ0) is 24.0. The predicted molar refractivity (Wildman–Crippen MR) is 127 cm³/mol. The molecule has 10 heteroatoms. The van der Waals surface area contributed by atoms with Gasteiger partial charge in [-0.2, -0.15) is 0 Å². The molecule has 2 aromatic rings. The number of amides is 1. The number of benzene rings is 2. The van der Waals surface area contributed by atoms with E-state index in [9.17, 15) is 13.2 Å². The number of hydrogen-bond donors (Lipinski definition) is 2. The summed E-state index contributed by atoms with van der Waals surface area (Å²) in [4.78, 5) is 12.7. The smallest absolute Gasteiger partial charge is 0.265 e. The Hall–Kier alpha value is -2.65.